The first-order valence-electron chi connectivity index (χ1n) is 4.75. The van der Waals surface area contributed by atoms with Gasteiger partial charge in [-0.1, -0.05) is 16.8 Å². The molecule has 0 aliphatic rings. The highest BCUT2D eigenvalue weighted by atomic mass is 127. The number of amides is 1. The molecule has 6 heteroatoms. The summed E-state index contributed by atoms with van der Waals surface area (Å²) in [6, 6.07) is 5.25. The van der Waals surface area contributed by atoms with E-state index in [1.165, 1.54) is 6.20 Å². The van der Waals surface area contributed by atoms with Crippen LogP contribution in [0.1, 0.15) is 16.1 Å². The van der Waals surface area contributed by atoms with E-state index in [4.69, 9.17) is 16.1 Å². The van der Waals surface area contributed by atoms with Crippen LogP contribution in [0.5, 0.6) is 0 Å². The van der Waals surface area contributed by atoms with Crippen molar-refractivity contribution in [3.8, 4) is 0 Å². The number of nitrogens with one attached hydrogen (secondary N) is 1. The van der Waals surface area contributed by atoms with Crippen molar-refractivity contribution < 1.29 is 9.32 Å². The number of rotatable bonds is 2. The molecule has 1 heterocycles. The molecule has 2 rings (SSSR count). The van der Waals surface area contributed by atoms with Crippen LogP contribution < -0.4 is 5.32 Å². The number of halogens is 2. The molecule has 0 spiro atoms. The van der Waals surface area contributed by atoms with E-state index >= 15 is 0 Å². The number of aromatic nitrogens is 1. The zero-order chi connectivity index (χ0) is 12.4. The lowest BCUT2D eigenvalue weighted by molar-refractivity contribution is 0.102. The molecule has 0 atom stereocenters. The summed E-state index contributed by atoms with van der Waals surface area (Å²) in [6.45, 7) is 1.69. The van der Waals surface area contributed by atoms with Crippen LogP contribution in [-0.2, 0) is 0 Å². The number of hydrogen-bond donors (Lipinski definition) is 1. The summed E-state index contributed by atoms with van der Waals surface area (Å²) in [4.78, 5) is 11.9. The van der Waals surface area contributed by atoms with Gasteiger partial charge in [0.2, 0.25) is 0 Å². The second-order valence-corrected chi connectivity index (χ2v) is 4.97. The molecule has 0 aliphatic carbocycles. The summed E-state index contributed by atoms with van der Waals surface area (Å²) >= 11 is 7.94. The van der Waals surface area contributed by atoms with E-state index in [-0.39, 0.29) is 5.91 Å². The Kier molecular flexibility index (Phi) is 3.68. The minimum Gasteiger partial charge on any atom is -0.361 e. The molecule has 0 fully saturated rings. The van der Waals surface area contributed by atoms with Crippen molar-refractivity contribution in [3.05, 3.63) is 44.3 Å². The third kappa shape index (κ3) is 2.78. The van der Waals surface area contributed by atoms with Crippen LogP contribution in [0.15, 0.2) is 28.9 Å². The van der Waals surface area contributed by atoms with Gasteiger partial charge in [0.05, 0.1) is 11.9 Å². The third-order valence-electron chi connectivity index (χ3n) is 2.17. The van der Waals surface area contributed by atoms with Crippen molar-refractivity contribution >= 4 is 45.8 Å². The molecule has 0 saturated carbocycles. The molecule has 1 aromatic heterocycles. The van der Waals surface area contributed by atoms with Crippen molar-refractivity contribution in [3.63, 3.8) is 0 Å². The molecule has 1 N–H and O–H groups in total. The highest BCUT2D eigenvalue weighted by molar-refractivity contribution is 14.1. The Labute approximate surface area is 116 Å². The van der Waals surface area contributed by atoms with Crippen LogP contribution in [-0.4, -0.2) is 11.1 Å². The molecule has 17 heavy (non-hydrogen) atoms. The van der Waals surface area contributed by atoms with Crippen LogP contribution in [0, 0.1) is 10.5 Å². The standard InChI is InChI=1S/C11H8ClIN2O2/c1-6-8(5-14-17-6)11(16)15-10-3-2-7(12)4-9(10)13/h2-5H,1H3,(H,15,16). The maximum atomic E-state index is 11.9. The molecule has 1 amide bonds. The summed E-state index contributed by atoms with van der Waals surface area (Å²) in [5, 5.41) is 6.97. The second kappa shape index (κ2) is 5.05. The Balaban J connectivity index is 2.22. The maximum Gasteiger partial charge on any atom is 0.260 e. The van der Waals surface area contributed by atoms with Gasteiger partial charge in [-0.3, -0.25) is 4.79 Å². The Morgan fingerprint density at radius 3 is 2.88 bits per heavy atom. The van der Waals surface area contributed by atoms with Crippen LogP contribution >= 0.6 is 34.2 Å². The number of carbonyl (C=O) groups is 1. The number of aryl methyl sites for hydroxylation is 1. The summed E-state index contributed by atoms with van der Waals surface area (Å²) < 4.78 is 5.71. The monoisotopic (exact) mass is 362 g/mol. The van der Waals surface area contributed by atoms with Gasteiger partial charge in [0.15, 0.2) is 0 Å². The topological polar surface area (TPSA) is 55.1 Å². The lowest BCUT2D eigenvalue weighted by atomic mass is 10.2. The molecule has 0 bridgehead atoms. The quantitative estimate of drug-likeness (QED) is 0.832. The molecule has 0 unspecified atom stereocenters. The van der Waals surface area contributed by atoms with Gasteiger partial charge in [0, 0.05) is 8.59 Å². The van der Waals surface area contributed by atoms with E-state index in [1.807, 2.05) is 0 Å². The molecule has 4 nitrogen and oxygen atoms in total. The van der Waals surface area contributed by atoms with Gasteiger partial charge >= 0.3 is 0 Å². The number of hydrogen-bond acceptors (Lipinski definition) is 3. The number of anilines is 1. The highest BCUT2D eigenvalue weighted by Crippen LogP contribution is 2.23. The van der Waals surface area contributed by atoms with E-state index in [9.17, 15) is 4.79 Å². The smallest absolute Gasteiger partial charge is 0.260 e. The van der Waals surface area contributed by atoms with Crippen LogP contribution in [0.25, 0.3) is 0 Å². The summed E-state index contributed by atoms with van der Waals surface area (Å²) in [6.07, 6.45) is 1.40. The minimum atomic E-state index is -0.246. The van der Waals surface area contributed by atoms with Gasteiger partial charge < -0.3 is 9.84 Å². The van der Waals surface area contributed by atoms with E-state index < -0.39 is 0 Å². The number of carbonyl (C=O) groups excluding carboxylic acids is 1. The first-order chi connectivity index (χ1) is 8.08. The molecule has 1 aromatic carbocycles. The molecule has 0 aliphatic heterocycles. The zero-order valence-corrected chi connectivity index (χ0v) is 11.7. The van der Waals surface area contributed by atoms with E-state index in [0.717, 1.165) is 3.57 Å². The predicted molar refractivity (Wildman–Crippen MR) is 73.4 cm³/mol. The number of nitrogens with zero attached hydrogens (tertiary/aromatic N) is 1. The largest absolute Gasteiger partial charge is 0.361 e. The first-order valence-corrected chi connectivity index (χ1v) is 6.21. The molecule has 88 valence electrons. The summed E-state index contributed by atoms with van der Waals surface area (Å²) in [5.74, 6) is 0.246. The molecular formula is C11H8ClIN2O2. The fourth-order valence-electron chi connectivity index (χ4n) is 1.30. The van der Waals surface area contributed by atoms with Crippen molar-refractivity contribution in [1.82, 2.24) is 5.16 Å². The average molecular weight is 363 g/mol. The van der Waals surface area contributed by atoms with Crippen molar-refractivity contribution in [1.29, 1.82) is 0 Å². The predicted octanol–water partition coefficient (Wildman–Crippen LogP) is 3.49. The van der Waals surface area contributed by atoms with Gasteiger partial charge in [0.25, 0.3) is 5.91 Å². The zero-order valence-electron chi connectivity index (χ0n) is 8.83. The Morgan fingerprint density at radius 1 is 1.53 bits per heavy atom. The SMILES string of the molecule is Cc1oncc1C(=O)Nc1ccc(Cl)cc1I. The van der Waals surface area contributed by atoms with Crippen LogP contribution in [0.4, 0.5) is 5.69 Å². The Morgan fingerprint density at radius 2 is 2.29 bits per heavy atom. The second-order valence-electron chi connectivity index (χ2n) is 3.37. The van der Waals surface area contributed by atoms with E-state index in [2.05, 4.69) is 33.1 Å². The molecule has 2 aromatic rings. The molecular weight excluding hydrogens is 354 g/mol. The minimum absolute atomic E-state index is 0.246. The lowest BCUT2D eigenvalue weighted by Gasteiger charge is -2.06. The average Bonchev–Trinajstić information content (AvgIpc) is 2.68. The van der Waals surface area contributed by atoms with Gasteiger partial charge in [0.1, 0.15) is 11.3 Å². The lowest BCUT2D eigenvalue weighted by Crippen LogP contribution is -2.13. The van der Waals surface area contributed by atoms with Gasteiger partial charge in [-0.15, -0.1) is 0 Å². The normalized spacial score (nSPS) is 10.3. The highest BCUT2D eigenvalue weighted by Gasteiger charge is 2.14. The van der Waals surface area contributed by atoms with E-state index in [1.54, 1.807) is 25.1 Å². The molecule has 0 saturated heterocycles. The fourth-order valence-corrected chi connectivity index (χ4v) is 2.30. The fraction of sp³-hybridized carbons (Fsp3) is 0.0909. The van der Waals surface area contributed by atoms with Crippen molar-refractivity contribution in [2.45, 2.75) is 6.92 Å². The van der Waals surface area contributed by atoms with Gasteiger partial charge in [-0.05, 0) is 47.7 Å². The summed E-state index contributed by atoms with van der Waals surface area (Å²) in [5.41, 5.74) is 1.14. The first kappa shape index (κ1) is 12.4. The maximum absolute atomic E-state index is 11.9. The Bertz CT molecular complexity index is 568. The third-order valence-corrected chi connectivity index (χ3v) is 3.30. The van der Waals surface area contributed by atoms with Crippen LogP contribution in [0.2, 0.25) is 5.02 Å². The molecule has 0 radical (unpaired) electrons. The summed E-state index contributed by atoms with van der Waals surface area (Å²) in [7, 11) is 0. The van der Waals surface area contributed by atoms with E-state index in [0.29, 0.717) is 22.0 Å². The van der Waals surface area contributed by atoms with Gasteiger partial charge in [-0.2, -0.15) is 0 Å². The van der Waals surface area contributed by atoms with Crippen molar-refractivity contribution in [2.75, 3.05) is 5.32 Å². The number of benzene rings is 1. The van der Waals surface area contributed by atoms with Crippen molar-refractivity contribution in [2.24, 2.45) is 0 Å². The Hall–Kier alpha value is -1.08. The van der Waals surface area contributed by atoms with Crippen LogP contribution in [0.3, 0.4) is 0 Å². The van der Waals surface area contributed by atoms with Gasteiger partial charge in [-0.25, -0.2) is 0 Å².